The van der Waals surface area contributed by atoms with E-state index < -0.39 is 0 Å². The normalized spacial score (nSPS) is 29.1. The maximum Gasteiger partial charge on any atom is 0.251 e. The predicted octanol–water partition coefficient (Wildman–Crippen LogP) is 2.50. The van der Waals surface area contributed by atoms with Crippen LogP contribution in [0.2, 0.25) is 0 Å². The summed E-state index contributed by atoms with van der Waals surface area (Å²) in [6, 6.07) is 6.43. The van der Waals surface area contributed by atoms with Crippen LogP contribution in [0.3, 0.4) is 0 Å². The number of allylic oxidation sites excluding steroid dienone is 1. The van der Waals surface area contributed by atoms with Crippen LogP contribution in [0.25, 0.3) is 6.08 Å². The number of likely N-dealkylation sites (tertiary alicyclic amines) is 1. The number of hydrogen-bond donors (Lipinski definition) is 1. The Morgan fingerprint density at radius 1 is 1.29 bits per heavy atom. The van der Waals surface area contributed by atoms with Gasteiger partial charge in [0.1, 0.15) is 0 Å². The van der Waals surface area contributed by atoms with Crippen LogP contribution in [0.4, 0.5) is 0 Å². The van der Waals surface area contributed by atoms with E-state index in [0.29, 0.717) is 11.8 Å². The highest BCUT2D eigenvalue weighted by atomic mass is 16.1. The van der Waals surface area contributed by atoms with Gasteiger partial charge in [0.25, 0.3) is 5.91 Å². The fraction of sp³-hybridized carbons (Fsp3) is 0.500. The molecule has 0 unspecified atom stereocenters. The van der Waals surface area contributed by atoms with E-state index in [2.05, 4.69) is 47.6 Å². The first-order chi connectivity index (χ1) is 10.2. The zero-order chi connectivity index (χ0) is 14.4. The van der Waals surface area contributed by atoms with Crippen LogP contribution >= 0.6 is 0 Å². The van der Waals surface area contributed by atoms with Crippen LogP contribution in [0.1, 0.15) is 40.2 Å². The number of carbonyl (C=O) groups is 1. The maximum absolute atomic E-state index is 12.4. The van der Waals surface area contributed by atoms with Crippen molar-refractivity contribution in [3.05, 3.63) is 41.0 Å². The highest BCUT2D eigenvalue weighted by Crippen LogP contribution is 2.36. The van der Waals surface area contributed by atoms with Gasteiger partial charge in [0.05, 0.1) is 0 Å². The van der Waals surface area contributed by atoms with Gasteiger partial charge in [-0.25, -0.2) is 0 Å². The number of hydrogen-bond acceptors (Lipinski definition) is 2. The van der Waals surface area contributed by atoms with E-state index in [1.807, 2.05) is 0 Å². The number of fused-ring (bicyclic) bond motifs is 3. The van der Waals surface area contributed by atoms with Gasteiger partial charge in [-0.3, -0.25) is 4.79 Å². The molecule has 21 heavy (non-hydrogen) atoms. The Kier molecular flexibility index (Phi) is 3.11. The fourth-order valence-corrected chi connectivity index (χ4v) is 3.70. The van der Waals surface area contributed by atoms with Gasteiger partial charge in [-0.05, 0) is 48.9 Å². The predicted molar refractivity (Wildman–Crippen MR) is 84.3 cm³/mol. The molecule has 1 saturated heterocycles. The Labute approximate surface area is 126 Å². The van der Waals surface area contributed by atoms with Crippen molar-refractivity contribution in [2.75, 3.05) is 26.7 Å². The number of nitrogens with zero attached hydrogens (tertiary/aromatic N) is 1. The standard InChI is InChI=1S/C18H22N2O/c1-20-10-14-9-19-18(21)16-8-13(5-4-12-2-3-12)6-7-15(16)17(14)11-20/h4-8,12,14,17H,2-3,9-11H2,1H3,(H,19,21)/b5-4+/t14-,17-/m1/s1. The molecular formula is C18H22N2O. The van der Waals surface area contributed by atoms with E-state index in [1.165, 1.54) is 18.4 Å². The van der Waals surface area contributed by atoms with Crippen molar-refractivity contribution in [2.24, 2.45) is 11.8 Å². The molecule has 1 aromatic rings. The first kappa shape index (κ1) is 13.1. The molecule has 1 aliphatic carbocycles. The van der Waals surface area contributed by atoms with Crippen LogP contribution in [0.5, 0.6) is 0 Å². The molecule has 1 N–H and O–H groups in total. The van der Waals surface area contributed by atoms with E-state index in [9.17, 15) is 4.79 Å². The van der Waals surface area contributed by atoms with Gasteiger partial charge in [-0.2, -0.15) is 0 Å². The monoisotopic (exact) mass is 282 g/mol. The lowest BCUT2D eigenvalue weighted by Crippen LogP contribution is -2.29. The van der Waals surface area contributed by atoms with Crippen molar-refractivity contribution in [1.29, 1.82) is 0 Å². The van der Waals surface area contributed by atoms with Crippen molar-refractivity contribution in [2.45, 2.75) is 18.8 Å². The zero-order valence-electron chi connectivity index (χ0n) is 12.5. The lowest BCUT2D eigenvalue weighted by Gasteiger charge is -2.16. The van der Waals surface area contributed by atoms with E-state index >= 15 is 0 Å². The molecule has 3 heteroatoms. The van der Waals surface area contributed by atoms with Crippen LogP contribution in [0.15, 0.2) is 24.3 Å². The minimum Gasteiger partial charge on any atom is -0.352 e. The second-order valence-electron chi connectivity index (χ2n) is 6.84. The smallest absolute Gasteiger partial charge is 0.251 e. The van der Waals surface area contributed by atoms with Crippen molar-refractivity contribution >= 4 is 12.0 Å². The molecule has 2 atom stereocenters. The largest absolute Gasteiger partial charge is 0.352 e. The molecule has 2 heterocycles. The number of amides is 1. The minimum absolute atomic E-state index is 0.101. The second-order valence-corrected chi connectivity index (χ2v) is 6.84. The minimum atomic E-state index is 0.101. The zero-order valence-corrected chi connectivity index (χ0v) is 12.5. The highest BCUT2D eigenvalue weighted by Gasteiger charge is 2.36. The highest BCUT2D eigenvalue weighted by molar-refractivity contribution is 5.97. The van der Waals surface area contributed by atoms with Gasteiger partial charge >= 0.3 is 0 Å². The van der Waals surface area contributed by atoms with Crippen molar-refractivity contribution in [3.63, 3.8) is 0 Å². The van der Waals surface area contributed by atoms with Crippen molar-refractivity contribution in [1.82, 2.24) is 10.2 Å². The molecule has 3 aliphatic rings. The van der Waals surface area contributed by atoms with Crippen LogP contribution in [0, 0.1) is 11.8 Å². The number of nitrogens with one attached hydrogen (secondary N) is 1. The molecule has 2 fully saturated rings. The van der Waals surface area contributed by atoms with E-state index in [4.69, 9.17) is 0 Å². The third-order valence-corrected chi connectivity index (χ3v) is 5.05. The summed E-state index contributed by atoms with van der Waals surface area (Å²) in [5.74, 6) is 1.91. The number of carbonyl (C=O) groups excluding carboxylic acids is 1. The third kappa shape index (κ3) is 2.51. The molecule has 0 bridgehead atoms. The first-order valence-electron chi connectivity index (χ1n) is 7.99. The van der Waals surface area contributed by atoms with E-state index in [-0.39, 0.29) is 5.91 Å². The molecule has 3 nitrogen and oxygen atoms in total. The second kappa shape index (κ2) is 4.99. The van der Waals surface area contributed by atoms with Gasteiger partial charge < -0.3 is 10.2 Å². The Bertz CT molecular complexity index is 603. The van der Waals surface area contributed by atoms with Crippen molar-refractivity contribution in [3.8, 4) is 0 Å². The average Bonchev–Trinajstić information content (AvgIpc) is 3.25. The lowest BCUT2D eigenvalue weighted by atomic mass is 9.86. The summed E-state index contributed by atoms with van der Waals surface area (Å²) in [6.07, 6.45) is 7.09. The summed E-state index contributed by atoms with van der Waals surface area (Å²) in [4.78, 5) is 14.7. The summed E-state index contributed by atoms with van der Waals surface area (Å²) in [5, 5.41) is 3.11. The maximum atomic E-state index is 12.4. The first-order valence-corrected chi connectivity index (χ1v) is 7.99. The van der Waals surface area contributed by atoms with Crippen LogP contribution < -0.4 is 5.32 Å². The molecule has 1 amide bonds. The van der Waals surface area contributed by atoms with E-state index in [0.717, 1.165) is 36.7 Å². The summed E-state index contributed by atoms with van der Waals surface area (Å²) >= 11 is 0. The topological polar surface area (TPSA) is 32.3 Å². The van der Waals surface area contributed by atoms with Gasteiger partial charge in [-0.1, -0.05) is 24.3 Å². The Morgan fingerprint density at radius 3 is 2.95 bits per heavy atom. The van der Waals surface area contributed by atoms with Crippen molar-refractivity contribution < 1.29 is 4.79 Å². The van der Waals surface area contributed by atoms with E-state index in [1.54, 1.807) is 0 Å². The quantitative estimate of drug-likeness (QED) is 0.904. The van der Waals surface area contributed by atoms with Gasteiger partial charge in [0.2, 0.25) is 0 Å². The molecule has 4 rings (SSSR count). The summed E-state index contributed by atoms with van der Waals surface area (Å²) in [6.45, 7) is 2.94. The average molecular weight is 282 g/mol. The SMILES string of the molecule is CN1C[C@H]2CNC(=O)c3cc(/C=C/C4CC4)ccc3[C@@H]2C1. The van der Waals surface area contributed by atoms with Crippen LogP contribution in [-0.2, 0) is 0 Å². The molecule has 1 saturated carbocycles. The lowest BCUT2D eigenvalue weighted by molar-refractivity contribution is 0.0951. The molecule has 1 aromatic carbocycles. The summed E-state index contributed by atoms with van der Waals surface area (Å²) < 4.78 is 0. The summed E-state index contributed by atoms with van der Waals surface area (Å²) in [5.41, 5.74) is 3.28. The Morgan fingerprint density at radius 2 is 2.14 bits per heavy atom. The Balaban J connectivity index is 1.69. The molecule has 110 valence electrons. The van der Waals surface area contributed by atoms with Crippen LogP contribution in [-0.4, -0.2) is 37.5 Å². The summed E-state index contributed by atoms with van der Waals surface area (Å²) in [7, 11) is 2.17. The molecule has 0 spiro atoms. The van der Waals surface area contributed by atoms with Gasteiger partial charge in [0.15, 0.2) is 0 Å². The molecule has 0 aromatic heterocycles. The fourth-order valence-electron chi connectivity index (χ4n) is 3.70. The number of benzene rings is 1. The number of rotatable bonds is 2. The molecule has 0 radical (unpaired) electrons. The van der Waals surface area contributed by atoms with Gasteiger partial charge in [0, 0.05) is 31.1 Å². The number of likely N-dealkylation sites (N-methyl/N-ethyl adjacent to an activating group) is 1. The molecular weight excluding hydrogens is 260 g/mol. The molecule has 2 aliphatic heterocycles. The Hall–Kier alpha value is -1.61. The third-order valence-electron chi connectivity index (χ3n) is 5.05. The van der Waals surface area contributed by atoms with Gasteiger partial charge in [-0.15, -0.1) is 0 Å².